The summed E-state index contributed by atoms with van der Waals surface area (Å²) in [6.07, 6.45) is 0.946. The fraction of sp³-hybridized carbons (Fsp3) is 0.455. The van der Waals surface area contributed by atoms with Gasteiger partial charge in [0.05, 0.1) is 6.61 Å². The predicted molar refractivity (Wildman–Crippen MR) is 62.6 cm³/mol. The van der Waals surface area contributed by atoms with Gasteiger partial charge in [0.1, 0.15) is 0 Å². The lowest BCUT2D eigenvalue weighted by Crippen LogP contribution is -2.05. The van der Waals surface area contributed by atoms with Crippen LogP contribution in [0.1, 0.15) is 19.4 Å². The smallest absolute Gasteiger partial charge is 0.0556 e. The van der Waals surface area contributed by atoms with E-state index in [0.717, 1.165) is 12.1 Å². The van der Waals surface area contributed by atoms with E-state index in [-0.39, 0.29) is 6.61 Å². The molecule has 0 spiro atoms. The van der Waals surface area contributed by atoms with E-state index in [1.165, 1.54) is 10.5 Å². The summed E-state index contributed by atoms with van der Waals surface area (Å²) in [5.74, 6) is 0. The zero-order valence-corrected chi connectivity index (χ0v) is 9.47. The van der Waals surface area contributed by atoms with Gasteiger partial charge in [-0.15, -0.1) is 11.8 Å². The van der Waals surface area contributed by atoms with Gasteiger partial charge in [-0.1, -0.05) is 13.8 Å². The highest BCUT2D eigenvalue weighted by Crippen LogP contribution is 2.37. The molecule has 1 heterocycles. The van der Waals surface area contributed by atoms with Gasteiger partial charge in [0.2, 0.25) is 0 Å². The number of rotatable bonds is 1. The molecule has 0 saturated carbocycles. The summed E-state index contributed by atoms with van der Waals surface area (Å²) in [4.78, 5) is 1.27. The first kappa shape index (κ1) is 11.4. The molecule has 3 heteroatoms. The van der Waals surface area contributed by atoms with E-state index in [0.29, 0.717) is 5.25 Å². The maximum absolute atomic E-state index is 8.96. The van der Waals surface area contributed by atoms with Gasteiger partial charge in [0, 0.05) is 15.8 Å². The molecule has 3 N–H and O–H groups in total. The number of nitrogen functional groups attached to an aromatic ring is 1. The van der Waals surface area contributed by atoms with Crippen molar-refractivity contribution in [3.8, 4) is 0 Å². The van der Waals surface area contributed by atoms with E-state index in [1.54, 1.807) is 11.8 Å². The highest BCUT2D eigenvalue weighted by atomic mass is 32.2. The molecule has 1 aliphatic heterocycles. The van der Waals surface area contributed by atoms with Crippen molar-refractivity contribution < 1.29 is 5.11 Å². The standard InChI is InChI=1S/C9H11NOS.C2H6/c10-7-1-2-9-6(3-7)4-8(5-11)12-9;1-2/h1-3,8,11H,4-5,10H2;1-2H3. The fourth-order valence-corrected chi connectivity index (χ4v) is 2.58. The Balaban J connectivity index is 0.000000461. The van der Waals surface area contributed by atoms with Crippen LogP contribution in [0.15, 0.2) is 23.1 Å². The molecular weight excluding hydrogens is 194 g/mol. The Morgan fingerprint density at radius 2 is 2.21 bits per heavy atom. The van der Waals surface area contributed by atoms with Crippen LogP contribution in [-0.4, -0.2) is 17.0 Å². The second-order valence-corrected chi connectivity index (χ2v) is 4.34. The zero-order valence-electron chi connectivity index (χ0n) is 8.66. The average molecular weight is 211 g/mol. The van der Waals surface area contributed by atoms with E-state index >= 15 is 0 Å². The van der Waals surface area contributed by atoms with Crippen molar-refractivity contribution in [3.05, 3.63) is 23.8 Å². The molecule has 1 aromatic rings. The quantitative estimate of drug-likeness (QED) is 0.701. The van der Waals surface area contributed by atoms with Crippen molar-refractivity contribution >= 4 is 17.4 Å². The molecule has 0 bridgehead atoms. The van der Waals surface area contributed by atoms with Crippen LogP contribution in [0, 0.1) is 0 Å². The second kappa shape index (κ2) is 5.27. The summed E-state index contributed by atoms with van der Waals surface area (Å²) in [5, 5.41) is 9.29. The van der Waals surface area contributed by atoms with Gasteiger partial charge in [-0.05, 0) is 30.2 Å². The Bertz CT molecular complexity index is 301. The Hall–Kier alpha value is -0.670. The maximum atomic E-state index is 8.96. The molecule has 0 aliphatic carbocycles. The van der Waals surface area contributed by atoms with Crippen molar-refractivity contribution in [2.75, 3.05) is 12.3 Å². The van der Waals surface area contributed by atoms with Crippen molar-refractivity contribution in [2.24, 2.45) is 0 Å². The summed E-state index contributed by atoms with van der Waals surface area (Å²) in [5.41, 5.74) is 7.74. The third kappa shape index (κ3) is 2.42. The fourth-order valence-electron chi connectivity index (χ4n) is 1.44. The number of hydrogen-bond donors (Lipinski definition) is 2. The normalized spacial score (nSPS) is 18.4. The third-order valence-corrected chi connectivity index (χ3v) is 3.33. The summed E-state index contributed by atoms with van der Waals surface area (Å²) >= 11 is 1.74. The first-order chi connectivity index (χ1) is 6.79. The molecule has 2 nitrogen and oxygen atoms in total. The number of anilines is 1. The molecule has 0 saturated heterocycles. The lowest BCUT2D eigenvalue weighted by Gasteiger charge is -1.99. The van der Waals surface area contributed by atoms with Crippen molar-refractivity contribution in [1.82, 2.24) is 0 Å². The van der Waals surface area contributed by atoms with Crippen molar-refractivity contribution in [3.63, 3.8) is 0 Å². The van der Waals surface area contributed by atoms with Crippen LogP contribution < -0.4 is 5.73 Å². The SMILES string of the molecule is CC.Nc1ccc2c(c1)CC(CO)S2. The van der Waals surface area contributed by atoms with E-state index < -0.39 is 0 Å². The molecule has 14 heavy (non-hydrogen) atoms. The molecule has 0 fully saturated rings. The van der Waals surface area contributed by atoms with Crippen LogP contribution in [0.4, 0.5) is 5.69 Å². The minimum absolute atomic E-state index is 0.249. The molecule has 1 aromatic carbocycles. The molecule has 0 radical (unpaired) electrons. The Labute approximate surface area is 89.5 Å². The predicted octanol–water partition coefficient (Wildman–Crippen LogP) is 2.30. The zero-order chi connectivity index (χ0) is 10.6. The van der Waals surface area contributed by atoms with E-state index in [1.807, 2.05) is 32.0 Å². The monoisotopic (exact) mass is 211 g/mol. The minimum atomic E-state index is 0.249. The summed E-state index contributed by atoms with van der Waals surface area (Å²) in [7, 11) is 0. The highest BCUT2D eigenvalue weighted by molar-refractivity contribution is 8.00. The lowest BCUT2D eigenvalue weighted by atomic mass is 10.1. The summed E-state index contributed by atoms with van der Waals surface area (Å²) in [6.45, 7) is 4.25. The lowest BCUT2D eigenvalue weighted by molar-refractivity contribution is 0.295. The Kier molecular flexibility index (Phi) is 4.29. The first-order valence-corrected chi connectivity index (χ1v) is 5.83. The van der Waals surface area contributed by atoms with E-state index in [9.17, 15) is 0 Å². The van der Waals surface area contributed by atoms with Crippen LogP contribution in [0.5, 0.6) is 0 Å². The topological polar surface area (TPSA) is 46.2 Å². The number of nitrogens with two attached hydrogens (primary N) is 1. The third-order valence-electron chi connectivity index (χ3n) is 2.03. The molecule has 0 aromatic heterocycles. The number of fused-ring (bicyclic) bond motifs is 1. The van der Waals surface area contributed by atoms with Gasteiger partial charge >= 0.3 is 0 Å². The van der Waals surface area contributed by atoms with Gasteiger partial charge in [-0.25, -0.2) is 0 Å². The van der Waals surface area contributed by atoms with Gasteiger partial charge < -0.3 is 10.8 Å². The number of benzene rings is 1. The largest absolute Gasteiger partial charge is 0.399 e. The minimum Gasteiger partial charge on any atom is -0.399 e. The van der Waals surface area contributed by atoms with Crippen LogP contribution in [0.25, 0.3) is 0 Å². The second-order valence-electron chi connectivity index (χ2n) is 2.99. The molecule has 1 aliphatic rings. The van der Waals surface area contributed by atoms with Crippen molar-refractivity contribution in [1.29, 1.82) is 0 Å². The van der Waals surface area contributed by atoms with E-state index in [4.69, 9.17) is 10.8 Å². The van der Waals surface area contributed by atoms with E-state index in [2.05, 4.69) is 0 Å². The molecular formula is C11H17NOS. The van der Waals surface area contributed by atoms with Crippen molar-refractivity contribution in [2.45, 2.75) is 30.4 Å². The summed E-state index contributed by atoms with van der Waals surface area (Å²) in [6, 6.07) is 5.94. The maximum Gasteiger partial charge on any atom is 0.0556 e. The molecule has 1 unspecified atom stereocenters. The van der Waals surface area contributed by atoms with Gasteiger partial charge in [0.15, 0.2) is 0 Å². The average Bonchev–Trinajstić information content (AvgIpc) is 2.62. The van der Waals surface area contributed by atoms with Crippen LogP contribution >= 0.6 is 11.8 Å². The number of thioether (sulfide) groups is 1. The Morgan fingerprint density at radius 3 is 2.86 bits per heavy atom. The van der Waals surface area contributed by atoms with Gasteiger partial charge in [0.25, 0.3) is 0 Å². The first-order valence-electron chi connectivity index (χ1n) is 4.95. The van der Waals surface area contributed by atoms with Gasteiger partial charge in [-0.2, -0.15) is 0 Å². The summed E-state index contributed by atoms with van der Waals surface area (Å²) < 4.78 is 0. The van der Waals surface area contributed by atoms with Gasteiger partial charge in [-0.3, -0.25) is 0 Å². The number of aliphatic hydroxyl groups is 1. The molecule has 1 atom stereocenters. The Morgan fingerprint density at radius 1 is 1.50 bits per heavy atom. The molecule has 2 rings (SSSR count). The van der Waals surface area contributed by atoms with Crippen LogP contribution in [-0.2, 0) is 6.42 Å². The number of hydrogen-bond acceptors (Lipinski definition) is 3. The molecule has 78 valence electrons. The van der Waals surface area contributed by atoms with Crippen LogP contribution in [0.3, 0.4) is 0 Å². The highest BCUT2D eigenvalue weighted by Gasteiger charge is 2.20. The number of aliphatic hydroxyl groups excluding tert-OH is 1. The van der Waals surface area contributed by atoms with Crippen LogP contribution in [0.2, 0.25) is 0 Å². The molecule has 0 amide bonds.